The number of rotatable bonds is 2. The topological polar surface area (TPSA) is 95.7 Å². The van der Waals surface area contributed by atoms with Crippen molar-refractivity contribution >= 4 is 24.0 Å². The molecule has 1 aliphatic heterocycles. The maximum Gasteiger partial charge on any atom is 0.310 e. The van der Waals surface area contributed by atoms with Crippen molar-refractivity contribution in [2.75, 3.05) is 26.2 Å². The Bertz CT molecular complexity index is 501. The minimum atomic E-state index is -0.681. The van der Waals surface area contributed by atoms with Crippen molar-refractivity contribution in [2.45, 2.75) is 6.42 Å². The smallest absolute Gasteiger partial charge is 0.310 e. The first kappa shape index (κ1) is 16.2. The van der Waals surface area contributed by atoms with E-state index in [4.69, 9.17) is 0 Å². The number of carbonyl (C=O) groups excluding carboxylic acids is 1. The molecule has 0 aliphatic carbocycles. The summed E-state index contributed by atoms with van der Waals surface area (Å²) in [5.74, 6) is -0.697. The summed E-state index contributed by atoms with van der Waals surface area (Å²) in [7, 11) is 0. The molecular weight excluding hydrogens is 286 g/mol. The Morgan fingerprint density at radius 1 is 1.35 bits per heavy atom. The van der Waals surface area contributed by atoms with Gasteiger partial charge in [-0.05, 0) is 25.1 Å². The number of phenolic OH excluding ortho intramolecular Hbond substituents is 1. The largest absolute Gasteiger partial charge is 0.502 e. The molecular formula is C12H16ClN3O4. The van der Waals surface area contributed by atoms with Crippen LogP contribution >= 0.6 is 12.4 Å². The molecule has 20 heavy (non-hydrogen) atoms. The van der Waals surface area contributed by atoms with Gasteiger partial charge in [0, 0.05) is 31.3 Å². The van der Waals surface area contributed by atoms with Crippen LogP contribution in [0.3, 0.4) is 0 Å². The van der Waals surface area contributed by atoms with Gasteiger partial charge in [0.2, 0.25) is 0 Å². The lowest BCUT2D eigenvalue weighted by molar-refractivity contribution is -0.385. The van der Waals surface area contributed by atoms with Crippen LogP contribution < -0.4 is 5.32 Å². The van der Waals surface area contributed by atoms with Crippen molar-refractivity contribution in [3.05, 3.63) is 33.9 Å². The summed E-state index contributed by atoms with van der Waals surface area (Å²) in [5.41, 5.74) is -0.126. The second-order valence-electron chi connectivity index (χ2n) is 4.36. The lowest BCUT2D eigenvalue weighted by atomic mass is 10.1. The Kier molecular flexibility index (Phi) is 5.72. The highest BCUT2D eigenvalue weighted by molar-refractivity contribution is 5.95. The molecule has 1 aromatic rings. The van der Waals surface area contributed by atoms with Crippen LogP contribution in [-0.2, 0) is 0 Å². The van der Waals surface area contributed by atoms with E-state index in [2.05, 4.69) is 5.32 Å². The number of hydrogen-bond donors (Lipinski definition) is 2. The first-order valence-corrected chi connectivity index (χ1v) is 6.07. The lowest BCUT2D eigenvalue weighted by Gasteiger charge is -2.19. The molecule has 0 bridgehead atoms. The molecule has 1 amide bonds. The summed E-state index contributed by atoms with van der Waals surface area (Å²) in [5, 5.41) is 23.3. The van der Waals surface area contributed by atoms with Crippen molar-refractivity contribution in [2.24, 2.45) is 0 Å². The van der Waals surface area contributed by atoms with Gasteiger partial charge in [0.1, 0.15) is 0 Å². The van der Waals surface area contributed by atoms with Crippen LogP contribution in [0, 0.1) is 10.1 Å². The zero-order valence-electron chi connectivity index (χ0n) is 10.7. The van der Waals surface area contributed by atoms with Crippen LogP contribution in [0.4, 0.5) is 5.69 Å². The van der Waals surface area contributed by atoms with Gasteiger partial charge in [-0.15, -0.1) is 12.4 Å². The van der Waals surface area contributed by atoms with E-state index in [9.17, 15) is 20.0 Å². The standard InChI is InChI=1S/C12H15N3O4.ClH/c16-11-8-9(2-3-10(11)15(18)19)12(17)14-6-1-4-13-5-7-14;/h2-3,8,13,16H,1,4-7H2;1H. The number of nitro groups is 1. The van der Waals surface area contributed by atoms with Gasteiger partial charge in [0.25, 0.3) is 5.91 Å². The summed E-state index contributed by atoms with van der Waals surface area (Å²) in [4.78, 5) is 23.8. The number of nitro benzene ring substituents is 1. The van der Waals surface area contributed by atoms with Crippen LogP contribution in [0.15, 0.2) is 18.2 Å². The van der Waals surface area contributed by atoms with Gasteiger partial charge in [-0.25, -0.2) is 0 Å². The summed E-state index contributed by atoms with van der Waals surface area (Å²) in [6.45, 7) is 2.83. The van der Waals surface area contributed by atoms with Gasteiger partial charge in [-0.1, -0.05) is 0 Å². The molecule has 2 N–H and O–H groups in total. The third-order valence-electron chi connectivity index (χ3n) is 3.05. The van der Waals surface area contributed by atoms with Crippen molar-refractivity contribution in [3.8, 4) is 5.75 Å². The fourth-order valence-corrected chi connectivity index (χ4v) is 2.04. The van der Waals surface area contributed by atoms with E-state index in [1.54, 1.807) is 4.90 Å². The molecule has 0 atom stereocenters. The number of hydrogen-bond acceptors (Lipinski definition) is 5. The fraction of sp³-hybridized carbons (Fsp3) is 0.417. The third kappa shape index (κ3) is 3.58. The summed E-state index contributed by atoms with van der Waals surface area (Å²) in [6, 6.07) is 3.68. The predicted octanol–water partition coefficient (Wildman–Crippen LogP) is 1.16. The highest BCUT2D eigenvalue weighted by Crippen LogP contribution is 2.26. The normalized spacial score (nSPS) is 15.1. The van der Waals surface area contributed by atoms with Crippen LogP contribution in [0.25, 0.3) is 0 Å². The zero-order chi connectivity index (χ0) is 13.8. The molecule has 0 unspecified atom stereocenters. The Labute approximate surface area is 122 Å². The number of nitrogens with one attached hydrogen (secondary N) is 1. The number of phenols is 1. The maximum atomic E-state index is 12.2. The van der Waals surface area contributed by atoms with Gasteiger partial charge < -0.3 is 15.3 Å². The summed E-state index contributed by atoms with van der Waals surface area (Å²) >= 11 is 0. The monoisotopic (exact) mass is 301 g/mol. The quantitative estimate of drug-likeness (QED) is 0.631. The maximum absolute atomic E-state index is 12.2. The van der Waals surface area contributed by atoms with E-state index in [0.717, 1.165) is 31.6 Å². The number of nitrogens with zero attached hydrogens (tertiary/aromatic N) is 2. The van der Waals surface area contributed by atoms with Crippen molar-refractivity contribution in [1.29, 1.82) is 0 Å². The summed E-state index contributed by atoms with van der Waals surface area (Å²) in [6.07, 6.45) is 0.866. The number of aromatic hydroxyl groups is 1. The molecule has 8 heteroatoms. The van der Waals surface area contributed by atoms with E-state index in [1.807, 2.05) is 0 Å². The average Bonchev–Trinajstić information content (AvgIpc) is 2.66. The summed E-state index contributed by atoms with van der Waals surface area (Å²) < 4.78 is 0. The molecule has 1 saturated heterocycles. The van der Waals surface area contributed by atoms with Gasteiger partial charge >= 0.3 is 5.69 Å². The number of halogens is 1. The molecule has 7 nitrogen and oxygen atoms in total. The van der Waals surface area contributed by atoms with Crippen LogP contribution in [0.5, 0.6) is 5.75 Å². The average molecular weight is 302 g/mol. The number of amides is 1. The number of benzene rings is 1. The van der Waals surface area contributed by atoms with Gasteiger partial charge in [-0.2, -0.15) is 0 Å². The van der Waals surface area contributed by atoms with E-state index in [1.165, 1.54) is 6.07 Å². The molecule has 1 heterocycles. The minimum absolute atomic E-state index is 0. The van der Waals surface area contributed by atoms with Gasteiger partial charge in [0.05, 0.1) is 4.92 Å². The van der Waals surface area contributed by atoms with Gasteiger partial charge in [0.15, 0.2) is 5.75 Å². The van der Waals surface area contributed by atoms with E-state index in [0.29, 0.717) is 13.1 Å². The molecule has 0 spiro atoms. The highest BCUT2D eigenvalue weighted by Gasteiger charge is 2.20. The van der Waals surface area contributed by atoms with Crippen molar-refractivity contribution < 1.29 is 14.8 Å². The Hall–Kier alpha value is -1.86. The highest BCUT2D eigenvalue weighted by atomic mass is 35.5. The Balaban J connectivity index is 0.00000200. The molecule has 0 saturated carbocycles. The van der Waals surface area contributed by atoms with Crippen LogP contribution in [0.1, 0.15) is 16.8 Å². The first-order chi connectivity index (χ1) is 9.09. The van der Waals surface area contributed by atoms with Crippen LogP contribution in [-0.4, -0.2) is 47.0 Å². The predicted molar refractivity (Wildman–Crippen MR) is 75.4 cm³/mol. The van der Waals surface area contributed by atoms with Crippen LogP contribution in [0.2, 0.25) is 0 Å². The molecule has 1 aromatic carbocycles. The second kappa shape index (κ2) is 7.06. The molecule has 1 aliphatic rings. The van der Waals surface area contributed by atoms with E-state index in [-0.39, 0.29) is 23.9 Å². The molecule has 110 valence electrons. The third-order valence-corrected chi connectivity index (χ3v) is 3.05. The van der Waals surface area contributed by atoms with E-state index < -0.39 is 16.4 Å². The first-order valence-electron chi connectivity index (χ1n) is 6.07. The molecule has 2 rings (SSSR count). The molecule has 0 radical (unpaired) electrons. The molecule has 0 aromatic heterocycles. The SMILES string of the molecule is Cl.O=C(c1ccc([N+](=O)[O-])c(O)c1)N1CCCNCC1. The lowest BCUT2D eigenvalue weighted by Crippen LogP contribution is -2.34. The Morgan fingerprint density at radius 3 is 2.75 bits per heavy atom. The van der Waals surface area contributed by atoms with Gasteiger partial charge in [-0.3, -0.25) is 14.9 Å². The van der Waals surface area contributed by atoms with E-state index >= 15 is 0 Å². The van der Waals surface area contributed by atoms with Crippen molar-refractivity contribution in [1.82, 2.24) is 10.2 Å². The molecule has 1 fully saturated rings. The zero-order valence-corrected chi connectivity index (χ0v) is 11.6. The minimum Gasteiger partial charge on any atom is -0.502 e. The number of carbonyl (C=O) groups is 1. The van der Waals surface area contributed by atoms with Crippen molar-refractivity contribution in [3.63, 3.8) is 0 Å². The Morgan fingerprint density at radius 2 is 2.10 bits per heavy atom. The fourth-order valence-electron chi connectivity index (χ4n) is 2.04. The second-order valence-corrected chi connectivity index (χ2v) is 4.36.